The summed E-state index contributed by atoms with van der Waals surface area (Å²) in [4.78, 5) is 23.2. The van der Waals surface area contributed by atoms with Gasteiger partial charge >= 0.3 is 0 Å². The fourth-order valence-corrected chi connectivity index (χ4v) is 1.85. The van der Waals surface area contributed by atoms with Crippen LogP contribution in [0.1, 0.15) is 36.6 Å². The van der Waals surface area contributed by atoms with E-state index in [1.54, 1.807) is 6.20 Å². The largest absolute Gasteiger partial charge is 0.305 e. The van der Waals surface area contributed by atoms with E-state index in [1.807, 2.05) is 33.8 Å². The Morgan fingerprint density at radius 2 is 1.94 bits per heavy atom. The van der Waals surface area contributed by atoms with Gasteiger partial charge in [-0.1, -0.05) is 19.9 Å². The van der Waals surface area contributed by atoms with Gasteiger partial charge in [0.05, 0.1) is 5.69 Å². The lowest BCUT2D eigenvalue weighted by Crippen LogP contribution is -2.12. The lowest BCUT2D eigenvalue weighted by molar-refractivity contribution is 0.810. The summed E-state index contributed by atoms with van der Waals surface area (Å²) in [7, 11) is 0. The summed E-state index contributed by atoms with van der Waals surface area (Å²) in [6.45, 7) is 7.99. The molecule has 0 aliphatic carbocycles. The Bertz CT molecular complexity index is 629. The molecule has 0 atom stereocenters. The molecule has 4 heteroatoms. The van der Waals surface area contributed by atoms with Crippen molar-refractivity contribution in [3.05, 3.63) is 45.5 Å². The van der Waals surface area contributed by atoms with Gasteiger partial charge in [0, 0.05) is 12.3 Å². The van der Waals surface area contributed by atoms with Gasteiger partial charge < -0.3 is 4.98 Å². The Morgan fingerprint density at radius 3 is 2.56 bits per heavy atom. The van der Waals surface area contributed by atoms with Crippen LogP contribution in [0.5, 0.6) is 0 Å². The highest BCUT2D eigenvalue weighted by atomic mass is 16.1. The minimum Gasteiger partial charge on any atom is -0.305 e. The number of aromatic nitrogens is 3. The predicted octanol–water partition coefficient (Wildman–Crippen LogP) is 2.57. The van der Waals surface area contributed by atoms with Crippen molar-refractivity contribution in [3.8, 4) is 11.5 Å². The van der Waals surface area contributed by atoms with E-state index >= 15 is 0 Å². The maximum atomic E-state index is 11.6. The summed E-state index contributed by atoms with van der Waals surface area (Å²) in [6.07, 6.45) is 1.78. The third-order valence-corrected chi connectivity index (χ3v) is 2.79. The van der Waals surface area contributed by atoms with Crippen LogP contribution in [0, 0.1) is 13.8 Å². The molecule has 2 aromatic rings. The average molecular weight is 243 g/mol. The quantitative estimate of drug-likeness (QED) is 0.881. The van der Waals surface area contributed by atoms with Crippen molar-refractivity contribution in [2.45, 2.75) is 33.6 Å². The topological polar surface area (TPSA) is 58.6 Å². The molecule has 0 fully saturated rings. The van der Waals surface area contributed by atoms with Gasteiger partial charge in [0.1, 0.15) is 5.69 Å². The van der Waals surface area contributed by atoms with E-state index in [0.29, 0.717) is 5.82 Å². The molecule has 0 aromatic carbocycles. The number of rotatable bonds is 2. The highest BCUT2D eigenvalue weighted by molar-refractivity contribution is 5.54. The number of nitrogens with one attached hydrogen (secondary N) is 1. The van der Waals surface area contributed by atoms with E-state index in [1.165, 1.54) is 6.07 Å². The van der Waals surface area contributed by atoms with E-state index in [-0.39, 0.29) is 11.5 Å². The van der Waals surface area contributed by atoms with E-state index < -0.39 is 0 Å². The van der Waals surface area contributed by atoms with E-state index in [2.05, 4.69) is 15.0 Å². The van der Waals surface area contributed by atoms with E-state index in [0.717, 1.165) is 22.5 Å². The molecule has 0 radical (unpaired) electrons. The molecule has 0 saturated heterocycles. The van der Waals surface area contributed by atoms with Crippen molar-refractivity contribution >= 4 is 0 Å². The van der Waals surface area contributed by atoms with Gasteiger partial charge in [0.2, 0.25) is 0 Å². The number of aryl methyl sites for hydroxylation is 2. The molecule has 2 rings (SSSR count). The Morgan fingerprint density at radius 1 is 1.22 bits per heavy atom. The van der Waals surface area contributed by atoms with Gasteiger partial charge in [-0.2, -0.15) is 0 Å². The van der Waals surface area contributed by atoms with Crippen LogP contribution in [0.3, 0.4) is 0 Å². The van der Waals surface area contributed by atoms with E-state index in [9.17, 15) is 4.79 Å². The van der Waals surface area contributed by atoms with Crippen LogP contribution < -0.4 is 5.56 Å². The second kappa shape index (κ2) is 4.72. The first-order valence-electron chi connectivity index (χ1n) is 6.02. The third kappa shape index (κ3) is 2.47. The first-order chi connectivity index (χ1) is 8.47. The highest BCUT2D eigenvalue weighted by Gasteiger charge is 2.10. The smallest absolute Gasteiger partial charge is 0.251 e. The molecule has 0 spiro atoms. The summed E-state index contributed by atoms with van der Waals surface area (Å²) in [5, 5.41) is 0. The van der Waals surface area contributed by atoms with Gasteiger partial charge in [-0.3, -0.25) is 9.78 Å². The molecule has 0 aliphatic rings. The molecule has 1 N–H and O–H groups in total. The molecule has 4 nitrogen and oxygen atoms in total. The summed E-state index contributed by atoms with van der Waals surface area (Å²) >= 11 is 0. The van der Waals surface area contributed by atoms with Crippen molar-refractivity contribution < 1.29 is 0 Å². The Kier molecular flexibility index (Phi) is 3.28. The van der Waals surface area contributed by atoms with Gasteiger partial charge in [-0.25, -0.2) is 4.98 Å². The second-order valence-electron chi connectivity index (χ2n) is 4.85. The molecule has 2 aromatic heterocycles. The molecular formula is C14H17N3O. The lowest BCUT2D eigenvalue weighted by atomic mass is 10.1. The third-order valence-electron chi connectivity index (χ3n) is 2.79. The molecule has 0 aliphatic heterocycles. The van der Waals surface area contributed by atoms with Crippen LogP contribution in [-0.4, -0.2) is 15.0 Å². The van der Waals surface area contributed by atoms with Gasteiger partial charge in [-0.15, -0.1) is 0 Å². The minimum absolute atomic E-state index is 0.134. The van der Waals surface area contributed by atoms with Crippen LogP contribution >= 0.6 is 0 Å². The predicted molar refractivity (Wildman–Crippen MR) is 71.7 cm³/mol. The summed E-state index contributed by atoms with van der Waals surface area (Å²) < 4.78 is 0. The van der Waals surface area contributed by atoms with Crippen molar-refractivity contribution in [2.24, 2.45) is 0 Å². The summed E-state index contributed by atoms with van der Waals surface area (Å²) in [5.74, 6) is 0.764. The Hall–Kier alpha value is -1.97. The minimum atomic E-state index is -0.134. The number of nitrogens with zero attached hydrogens (tertiary/aromatic N) is 2. The number of H-pyrrole nitrogens is 1. The van der Waals surface area contributed by atoms with Crippen LogP contribution in [0.2, 0.25) is 0 Å². The van der Waals surface area contributed by atoms with Crippen LogP contribution in [0.4, 0.5) is 0 Å². The van der Waals surface area contributed by atoms with Crippen LogP contribution in [0.25, 0.3) is 11.5 Å². The van der Waals surface area contributed by atoms with Crippen molar-refractivity contribution in [3.63, 3.8) is 0 Å². The Labute approximate surface area is 106 Å². The van der Waals surface area contributed by atoms with Crippen LogP contribution in [0.15, 0.2) is 23.1 Å². The average Bonchev–Trinajstić information content (AvgIpc) is 2.27. The fourth-order valence-electron chi connectivity index (χ4n) is 1.85. The number of pyridine rings is 1. The zero-order valence-electron chi connectivity index (χ0n) is 11.1. The molecule has 0 saturated carbocycles. The zero-order chi connectivity index (χ0) is 13.3. The lowest BCUT2D eigenvalue weighted by Gasteiger charge is -2.08. The number of hydrogen-bond donors (Lipinski definition) is 1. The van der Waals surface area contributed by atoms with Gasteiger partial charge in [-0.05, 0) is 30.9 Å². The summed E-state index contributed by atoms with van der Waals surface area (Å²) in [5.41, 5.74) is 3.50. The zero-order valence-corrected chi connectivity index (χ0v) is 11.1. The number of hydrogen-bond acceptors (Lipinski definition) is 3. The first kappa shape index (κ1) is 12.5. The maximum Gasteiger partial charge on any atom is 0.251 e. The molecule has 2 heterocycles. The van der Waals surface area contributed by atoms with Crippen molar-refractivity contribution in [1.29, 1.82) is 0 Å². The van der Waals surface area contributed by atoms with Gasteiger partial charge in [0.25, 0.3) is 5.56 Å². The molecular weight excluding hydrogens is 226 g/mol. The highest BCUT2D eigenvalue weighted by Crippen LogP contribution is 2.18. The van der Waals surface area contributed by atoms with Gasteiger partial charge in [0.15, 0.2) is 5.82 Å². The standard InChI is InChI=1S/C14H17N3O/c1-8(2)11-6-12(18)17-14(16-11)13-10(4)5-9(3)7-15-13/h5-8H,1-4H3,(H,16,17,18). The fraction of sp³-hybridized carbons (Fsp3) is 0.357. The van der Waals surface area contributed by atoms with E-state index in [4.69, 9.17) is 0 Å². The Balaban J connectivity index is 2.60. The molecule has 0 unspecified atom stereocenters. The molecule has 94 valence electrons. The molecule has 0 bridgehead atoms. The van der Waals surface area contributed by atoms with Crippen molar-refractivity contribution in [2.75, 3.05) is 0 Å². The normalized spacial score (nSPS) is 10.9. The second-order valence-corrected chi connectivity index (χ2v) is 4.85. The van der Waals surface area contributed by atoms with Crippen molar-refractivity contribution in [1.82, 2.24) is 15.0 Å². The SMILES string of the molecule is Cc1cnc(-c2nc(C(C)C)cc(=O)[nH]2)c(C)c1. The maximum absolute atomic E-state index is 11.6. The monoisotopic (exact) mass is 243 g/mol. The molecule has 0 amide bonds. The van der Waals surface area contributed by atoms with Crippen LogP contribution in [-0.2, 0) is 0 Å². The summed E-state index contributed by atoms with van der Waals surface area (Å²) in [6, 6.07) is 3.57. The first-order valence-corrected chi connectivity index (χ1v) is 6.02. The molecule has 18 heavy (non-hydrogen) atoms. The number of aromatic amines is 1.